The van der Waals surface area contributed by atoms with Gasteiger partial charge < -0.3 is 9.73 Å². The molecule has 0 saturated carbocycles. The van der Waals surface area contributed by atoms with Gasteiger partial charge in [0.25, 0.3) is 11.6 Å². The van der Waals surface area contributed by atoms with E-state index in [0.29, 0.717) is 33.6 Å². The number of nitro benzene ring substituents is 1. The number of nitro groups is 1. The van der Waals surface area contributed by atoms with Crippen molar-refractivity contribution in [2.45, 2.75) is 40.0 Å². The van der Waals surface area contributed by atoms with Gasteiger partial charge in [0.1, 0.15) is 21.5 Å². The summed E-state index contributed by atoms with van der Waals surface area (Å²) in [5.74, 6) is 1.28. The zero-order valence-corrected chi connectivity index (χ0v) is 23.4. The van der Waals surface area contributed by atoms with Gasteiger partial charge in [-0.05, 0) is 72.6 Å². The number of anilines is 1. The first-order valence-electron chi connectivity index (χ1n) is 12.7. The number of carbonyl (C=O) groups is 1. The largest absolute Gasteiger partial charge is 0.455 e. The van der Waals surface area contributed by atoms with Crippen LogP contribution in [0.15, 0.2) is 70.1 Å². The van der Waals surface area contributed by atoms with Crippen molar-refractivity contribution >= 4 is 51.4 Å². The van der Waals surface area contributed by atoms with Crippen molar-refractivity contribution in [3.8, 4) is 11.3 Å². The molecule has 2 aromatic heterocycles. The van der Waals surface area contributed by atoms with Crippen LogP contribution in [0.2, 0.25) is 5.02 Å². The van der Waals surface area contributed by atoms with Gasteiger partial charge in [-0.3, -0.25) is 14.9 Å². The minimum absolute atomic E-state index is 0.0637. The van der Waals surface area contributed by atoms with Crippen molar-refractivity contribution in [2.24, 2.45) is 16.3 Å². The van der Waals surface area contributed by atoms with Crippen molar-refractivity contribution in [2.75, 3.05) is 5.32 Å². The van der Waals surface area contributed by atoms with Gasteiger partial charge in [-0.15, -0.1) is 11.3 Å². The van der Waals surface area contributed by atoms with Crippen molar-refractivity contribution in [3.63, 3.8) is 0 Å². The highest BCUT2D eigenvalue weighted by atomic mass is 35.5. The molecule has 5 rings (SSSR count). The zero-order chi connectivity index (χ0) is 27.7. The zero-order valence-electron chi connectivity index (χ0n) is 21.9. The molecular formula is C30H28ClN3O4S. The summed E-state index contributed by atoms with van der Waals surface area (Å²) in [6, 6.07) is 17.4. The summed E-state index contributed by atoms with van der Waals surface area (Å²) in [7, 11) is 0. The van der Waals surface area contributed by atoms with Crippen LogP contribution in [0.4, 0.5) is 16.4 Å². The molecule has 4 aromatic rings. The molecule has 7 nitrogen and oxygen atoms in total. The van der Waals surface area contributed by atoms with E-state index in [2.05, 4.69) is 26.1 Å². The Hall–Kier alpha value is -3.75. The van der Waals surface area contributed by atoms with Crippen LogP contribution in [0.25, 0.3) is 11.3 Å². The second-order valence-corrected chi connectivity index (χ2v) is 12.2. The van der Waals surface area contributed by atoms with Crippen LogP contribution in [0.3, 0.4) is 0 Å². The summed E-state index contributed by atoms with van der Waals surface area (Å²) < 4.78 is 5.91. The van der Waals surface area contributed by atoms with E-state index in [1.54, 1.807) is 35.8 Å². The van der Waals surface area contributed by atoms with Crippen LogP contribution in [0.5, 0.6) is 0 Å². The third-order valence-electron chi connectivity index (χ3n) is 7.09. The summed E-state index contributed by atoms with van der Waals surface area (Å²) in [6.07, 6.45) is 4.37. The summed E-state index contributed by atoms with van der Waals surface area (Å²) >= 11 is 7.50. The molecule has 1 atom stereocenters. The molecule has 0 spiro atoms. The van der Waals surface area contributed by atoms with E-state index in [-0.39, 0.29) is 22.0 Å². The molecule has 2 aromatic carbocycles. The van der Waals surface area contributed by atoms with E-state index in [9.17, 15) is 14.9 Å². The molecular weight excluding hydrogens is 534 g/mol. The number of aliphatic imine (C=N–C) groups is 1. The number of hydrogen-bond acceptors (Lipinski definition) is 6. The van der Waals surface area contributed by atoms with Gasteiger partial charge in [-0.25, -0.2) is 4.99 Å². The molecule has 0 fully saturated rings. The molecule has 1 amide bonds. The highest BCUT2D eigenvalue weighted by Crippen LogP contribution is 2.45. The topological polar surface area (TPSA) is 97.7 Å². The summed E-state index contributed by atoms with van der Waals surface area (Å²) in [5, 5.41) is 15.0. The lowest BCUT2D eigenvalue weighted by Crippen LogP contribution is -2.27. The van der Waals surface area contributed by atoms with Crippen molar-refractivity contribution in [1.29, 1.82) is 0 Å². The Kier molecular flexibility index (Phi) is 7.42. The lowest BCUT2D eigenvalue weighted by molar-refractivity contribution is -0.384. The Labute approximate surface area is 235 Å². The number of halogens is 1. The lowest BCUT2D eigenvalue weighted by atomic mass is 9.72. The maximum absolute atomic E-state index is 13.5. The average Bonchev–Trinajstić information content (AvgIpc) is 3.52. The Morgan fingerprint density at radius 2 is 1.95 bits per heavy atom. The fourth-order valence-electron chi connectivity index (χ4n) is 4.86. The van der Waals surface area contributed by atoms with Gasteiger partial charge in [0.15, 0.2) is 0 Å². The number of carbonyl (C=O) groups excluding carboxylic acids is 1. The Morgan fingerprint density at radius 1 is 1.18 bits per heavy atom. The third-order valence-corrected chi connectivity index (χ3v) is 8.58. The van der Waals surface area contributed by atoms with E-state index >= 15 is 0 Å². The van der Waals surface area contributed by atoms with Gasteiger partial charge in [0.2, 0.25) is 0 Å². The quantitative estimate of drug-likeness (QED) is 0.144. The molecule has 0 aliphatic heterocycles. The highest BCUT2D eigenvalue weighted by Gasteiger charge is 2.33. The van der Waals surface area contributed by atoms with Gasteiger partial charge >= 0.3 is 0 Å². The van der Waals surface area contributed by atoms with Crippen molar-refractivity contribution < 1.29 is 14.1 Å². The van der Waals surface area contributed by atoms with Crippen LogP contribution in [0.1, 0.15) is 53.8 Å². The Morgan fingerprint density at radius 3 is 2.67 bits per heavy atom. The first kappa shape index (κ1) is 26.8. The van der Waals surface area contributed by atoms with Crippen LogP contribution in [-0.4, -0.2) is 17.0 Å². The van der Waals surface area contributed by atoms with Gasteiger partial charge in [-0.2, -0.15) is 0 Å². The molecule has 200 valence electrons. The predicted molar refractivity (Wildman–Crippen MR) is 157 cm³/mol. The number of nitrogens with zero attached hydrogens (tertiary/aromatic N) is 2. The highest BCUT2D eigenvalue weighted by molar-refractivity contribution is 7.16. The maximum Gasteiger partial charge on any atom is 0.288 e. The molecule has 39 heavy (non-hydrogen) atoms. The van der Waals surface area contributed by atoms with E-state index < -0.39 is 4.92 Å². The van der Waals surface area contributed by atoms with Crippen LogP contribution in [-0.2, 0) is 12.8 Å². The second kappa shape index (κ2) is 10.8. The number of fused-ring (bicyclic) bond motifs is 1. The molecule has 0 unspecified atom stereocenters. The molecule has 9 heteroatoms. The first-order valence-corrected chi connectivity index (χ1v) is 13.9. The van der Waals surface area contributed by atoms with Crippen molar-refractivity contribution in [1.82, 2.24) is 0 Å². The smallest absolute Gasteiger partial charge is 0.288 e. The van der Waals surface area contributed by atoms with Crippen LogP contribution < -0.4 is 5.32 Å². The van der Waals surface area contributed by atoms with Gasteiger partial charge in [0, 0.05) is 22.2 Å². The second-order valence-electron chi connectivity index (χ2n) is 10.7. The van der Waals surface area contributed by atoms with Crippen LogP contribution >= 0.6 is 22.9 Å². The monoisotopic (exact) mass is 561 g/mol. The summed E-state index contributed by atoms with van der Waals surface area (Å²) in [6.45, 7) is 6.80. The predicted octanol–water partition coefficient (Wildman–Crippen LogP) is 8.72. The third kappa shape index (κ3) is 5.82. The number of thiophene rings is 1. The number of amides is 1. The average molecular weight is 562 g/mol. The number of benzene rings is 2. The Bertz CT molecular complexity index is 1570. The Balaban J connectivity index is 1.46. The molecule has 1 aliphatic rings. The van der Waals surface area contributed by atoms with Gasteiger partial charge in [0.05, 0.1) is 16.7 Å². The van der Waals surface area contributed by atoms with Crippen molar-refractivity contribution in [3.05, 3.63) is 97.6 Å². The van der Waals surface area contributed by atoms with E-state index in [0.717, 1.165) is 30.5 Å². The summed E-state index contributed by atoms with van der Waals surface area (Å²) in [5.41, 5.74) is 2.95. The molecule has 1 aliphatic carbocycles. The molecule has 1 N–H and O–H groups in total. The number of hydrogen-bond donors (Lipinski definition) is 1. The van der Waals surface area contributed by atoms with Gasteiger partial charge in [-0.1, -0.05) is 50.6 Å². The minimum atomic E-state index is -0.526. The number of rotatable bonds is 6. The lowest BCUT2D eigenvalue weighted by Gasteiger charge is -2.33. The maximum atomic E-state index is 13.5. The normalized spacial score (nSPS) is 15.3. The SMILES string of the molecule is CC(C)(C)[C@@H]1CCc2c(sc(N=Cc3ccc(-c4ccc(Cl)c([N+](=O)[O-])c4)o3)c2C(=O)Nc2ccccc2)C1. The number of nitrogens with one attached hydrogen (secondary N) is 1. The van der Waals surface area contributed by atoms with E-state index in [4.69, 9.17) is 21.0 Å². The fraction of sp³-hybridized carbons (Fsp3) is 0.267. The molecule has 0 saturated heterocycles. The molecule has 0 radical (unpaired) electrons. The number of furan rings is 1. The van der Waals surface area contributed by atoms with E-state index in [1.165, 1.54) is 17.0 Å². The van der Waals surface area contributed by atoms with E-state index in [1.807, 2.05) is 30.3 Å². The molecule has 0 bridgehead atoms. The minimum Gasteiger partial charge on any atom is -0.455 e. The summed E-state index contributed by atoms with van der Waals surface area (Å²) in [4.78, 5) is 30.2. The first-order chi connectivity index (χ1) is 18.6. The standard InChI is InChI=1S/C30H28ClN3O4S/c1-30(2,3)19-10-12-22-26(16-19)39-29(27(22)28(35)33-20-7-5-4-6-8-20)32-17-21-11-14-25(38-21)18-9-13-23(31)24(15-18)34(36)37/h4-9,11,13-15,17,19H,10,12,16H2,1-3H3,(H,33,35)/t19-/m1/s1. The van der Waals surface area contributed by atoms with Crippen LogP contribution in [0, 0.1) is 21.4 Å². The fourth-order valence-corrected chi connectivity index (χ4v) is 6.31. The molecule has 2 heterocycles. The number of para-hydroxylation sites is 1.